The van der Waals surface area contributed by atoms with E-state index < -0.39 is 0 Å². The second-order valence-corrected chi connectivity index (χ2v) is 4.18. The van der Waals surface area contributed by atoms with Crippen LogP contribution in [-0.4, -0.2) is 12.2 Å². The molecule has 0 aromatic carbocycles. The topological polar surface area (TPSA) is 9.23 Å². The van der Waals surface area contributed by atoms with Crippen LogP contribution in [0.2, 0.25) is 0 Å². The molecule has 1 heteroatoms. The third-order valence-corrected chi connectivity index (χ3v) is 3.50. The van der Waals surface area contributed by atoms with Gasteiger partial charge in [-0.1, -0.05) is 25.5 Å². The van der Waals surface area contributed by atoms with E-state index in [2.05, 4.69) is 19.1 Å². The summed E-state index contributed by atoms with van der Waals surface area (Å²) >= 11 is 0. The molecule has 0 aromatic heterocycles. The van der Waals surface area contributed by atoms with Gasteiger partial charge >= 0.3 is 0 Å². The molecule has 0 amide bonds. The van der Waals surface area contributed by atoms with Gasteiger partial charge < -0.3 is 4.74 Å². The molecule has 2 rings (SSSR count). The Bertz CT molecular complexity index is 173. The van der Waals surface area contributed by atoms with Gasteiger partial charge in [-0.3, -0.25) is 0 Å². The first-order valence-electron chi connectivity index (χ1n) is 5.12. The monoisotopic (exact) mass is 166 g/mol. The highest BCUT2D eigenvalue weighted by Crippen LogP contribution is 2.42. The van der Waals surface area contributed by atoms with E-state index in [0.29, 0.717) is 0 Å². The average Bonchev–Trinajstić information content (AvgIpc) is 2.33. The fourth-order valence-corrected chi connectivity index (χ4v) is 2.60. The Balaban J connectivity index is 2.08. The summed E-state index contributed by atoms with van der Waals surface area (Å²) in [7, 11) is 0. The molecular weight excluding hydrogens is 148 g/mol. The molecule has 0 radical (unpaired) electrons. The third-order valence-electron chi connectivity index (χ3n) is 3.50. The van der Waals surface area contributed by atoms with Crippen LogP contribution < -0.4 is 0 Å². The zero-order chi connectivity index (χ0) is 8.44. The van der Waals surface area contributed by atoms with Crippen molar-refractivity contribution in [3.8, 4) is 0 Å². The Kier molecular flexibility index (Phi) is 2.22. The van der Waals surface area contributed by atoms with Crippen molar-refractivity contribution in [1.82, 2.24) is 0 Å². The van der Waals surface area contributed by atoms with E-state index in [9.17, 15) is 0 Å². The van der Waals surface area contributed by atoms with Crippen molar-refractivity contribution in [3.63, 3.8) is 0 Å². The van der Waals surface area contributed by atoms with Crippen LogP contribution in [0.15, 0.2) is 12.2 Å². The van der Waals surface area contributed by atoms with E-state index in [-0.39, 0.29) is 5.60 Å². The molecule has 0 aromatic rings. The molecule has 1 heterocycles. The van der Waals surface area contributed by atoms with Crippen LogP contribution in [0.1, 0.15) is 39.0 Å². The van der Waals surface area contributed by atoms with Crippen molar-refractivity contribution < 1.29 is 4.74 Å². The summed E-state index contributed by atoms with van der Waals surface area (Å²) in [6.45, 7) is 3.18. The lowest BCUT2D eigenvalue weighted by atomic mass is 9.88. The Hall–Kier alpha value is -0.300. The van der Waals surface area contributed by atoms with Gasteiger partial charge in [-0.15, -0.1) is 0 Å². The maximum Gasteiger partial charge on any atom is 0.0715 e. The Morgan fingerprint density at radius 1 is 1.33 bits per heavy atom. The Morgan fingerprint density at radius 3 is 3.00 bits per heavy atom. The predicted molar refractivity (Wildman–Crippen MR) is 50.1 cm³/mol. The van der Waals surface area contributed by atoms with Crippen LogP contribution in [0, 0.1) is 5.92 Å². The highest BCUT2D eigenvalue weighted by Gasteiger charge is 2.40. The normalized spacial score (nSPS) is 41.9. The molecule has 2 atom stereocenters. The van der Waals surface area contributed by atoms with Gasteiger partial charge in [0.2, 0.25) is 0 Å². The minimum absolute atomic E-state index is 0.253. The van der Waals surface area contributed by atoms with Crippen molar-refractivity contribution in [2.24, 2.45) is 5.92 Å². The molecule has 0 saturated heterocycles. The summed E-state index contributed by atoms with van der Waals surface area (Å²) in [4.78, 5) is 0. The van der Waals surface area contributed by atoms with Gasteiger partial charge in [0, 0.05) is 0 Å². The van der Waals surface area contributed by atoms with Gasteiger partial charge in [-0.2, -0.15) is 0 Å². The van der Waals surface area contributed by atoms with Crippen molar-refractivity contribution in [2.45, 2.75) is 44.6 Å². The first-order valence-corrected chi connectivity index (χ1v) is 5.12. The second kappa shape index (κ2) is 3.21. The number of hydrogen-bond acceptors (Lipinski definition) is 1. The summed E-state index contributed by atoms with van der Waals surface area (Å²) in [6, 6.07) is 0. The summed E-state index contributed by atoms with van der Waals surface area (Å²) in [5.74, 6) is 0.775. The van der Waals surface area contributed by atoms with Gasteiger partial charge in [0.25, 0.3) is 0 Å². The zero-order valence-corrected chi connectivity index (χ0v) is 7.88. The van der Waals surface area contributed by atoms with E-state index in [1.165, 1.54) is 32.1 Å². The van der Waals surface area contributed by atoms with Crippen LogP contribution in [0.3, 0.4) is 0 Å². The predicted octanol–water partition coefficient (Wildman–Crippen LogP) is 2.91. The minimum atomic E-state index is 0.253. The van der Waals surface area contributed by atoms with Crippen molar-refractivity contribution >= 4 is 0 Å². The number of allylic oxidation sites excluding steroid dienone is 1. The lowest BCUT2D eigenvalue weighted by Gasteiger charge is -2.32. The highest BCUT2D eigenvalue weighted by atomic mass is 16.5. The summed E-state index contributed by atoms with van der Waals surface area (Å²) in [5.41, 5.74) is 0.253. The van der Waals surface area contributed by atoms with Crippen molar-refractivity contribution in [3.05, 3.63) is 12.2 Å². The molecule has 1 aliphatic carbocycles. The molecule has 1 saturated carbocycles. The van der Waals surface area contributed by atoms with E-state index in [1.807, 2.05) is 0 Å². The molecule has 1 aliphatic heterocycles. The largest absolute Gasteiger partial charge is 0.371 e. The van der Waals surface area contributed by atoms with E-state index in [0.717, 1.165) is 12.5 Å². The lowest BCUT2D eigenvalue weighted by Crippen LogP contribution is -2.34. The molecule has 2 aliphatic rings. The zero-order valence-electron chi connectivity index (χ0n) is 7.88. The van der Waals surface area contributed by atoms with Crippen molar-refractivity contribution in [2.75, 3.05) is 6.61 Å². The maximum atomic E-state index is 5.98. The van der Waals surface area contributed by atoms with E-state index in [4.69, 9.17) is 4.74 Å². The van der Waals surface area contributed by atoms with Gasteiger partial charge in [0.15, 0.2) is 0 Å². The first kappa shape index (κ1) is 8.31. The van der Waals surface area contributed by atoms with E-state index in [1.54, 1.807) is 0 Å². The van der Waals surface area contributed by atoms with Gasteiger partial charge in [0.05, 0.1) is 12.2 Å². The molecule has 0 bridgehead atoms. The lowest BCUT2D eigenvalue weighted by molar-refractivity contribution is -0.0573. The minimum Gasteiger partial charge on any atom is -0.371 e. The molecule has 12 heavy (non-hydrogen) atoms. The van der Waals surface area contributed by atoms with Crippen LogP contribution in [-0.2, 0) is 4.74 Å². The fourth-order valence-electron chi connectivity index (χ4n) is 2.60. The number of hydrogen-bond donors (Lipinski definition) is 0. The third kappa shape index (κ3) is 1.31. The van der Waals surface area contributed by atoms with Crippen LogP contribution in [0.4, 0.5) is 0 Å². The summed E-state index contributed by atoms with van der Waals surface area (Å²) in [5, 5.41) is 0. The van der Waals surface area contributed by atoms with Gasteiger partial charge in [-0.25, -0.2) is 0 Å². The second-order valence-electron chi connectivity index (χ2n) is 4.18. The smallest absolute Gasteiger partial charge is 0.0715 e. The first-order chi connectivity index (χ1) is 5.83. The molecule has 1 nitrogen and oxygen atoms in total. The van der Waals surface area contributed by atoms with Gasteiger partial charge in [0.1, 0.15) is 0 Å². The fraction of sp³-hybridized carbons (Fsp3) is 0.818. The molecule has 0 unspecified atom stereocenters. The summed E-state index contributed by atoms with van der Waals surface area (Å²) in [6.07, 6.45) is 10.9. The maximum absolute atomic E-state index is 5.98. The standard InChI is InChI=1S/C11H18O/c1-10-6-5-8-11(10)7-3-2-4-9-12-11/h2,4,10H,3,5-9H2,1H3/t10-,11+/m1/s1. The van der Waals surface area contributed by atoms with Crippen LogP contribution in [0.5, 0.6) is 0 Å². The van der Waals surface area contributed by atoms with Crippen molar-refractivity contribution in [1.29, 1.82) is 0 Å². The Labute approximate surface area is 74.8 Å². The molecular formula is C11H18O. The molecule has 1 spiro atoms. The van der Waals surface area contributed by atoms with Crippen LogP contribution >= 0.6 is 0 Å². The SMILES string of the molecule is C[C@@H]1CCC[C@@]12CCC=CCO2. The number of rotatable bonds is 0. The highest BCUT2D eigenvalue weighted by molar-refractivity contribution is 4.98. The average molecular weight is 166 g/mol. The molecule has 68 valence electrons. The molecule has 1 fully saturated rings. The quantitative estimate of drug-likeness (QED) is 0.503. The number of ether oxygens (including phenoxy) is 1. The van der Waals surface area contributed by atoms with E-state index >= 15 is 0 Å². The molecule has 0 N–H and O–H groups in total. The summed E-state index contributed by atoms with van der Waals surface area (Å²) < 4.78 is 5.98. The van der Waals surface area contributed by atoms with Crippen LogP contribution in [0.25, 0.3) is 0 Å². The Morgan fingerprint density at radius 2 is 2.25 bits per heavy atom. The van der Waals surface area contributed by atoms with Gasteiger partial charge in [-0.05, 0) is 31.6 Å².